The predicted molar refractivity (Wildman–Crippen MR) is 114 cm³/mol. The number of aliphatic hydroxyl groups is 1. The minimum atomic E-state index is -3.28. The molecule has 9 nitrogen and oxygen atoms in total. The molecule has 1 fully saturated rings. The van der Waals surface area contributed by atoms with E-state index in [9.17, 15) is 23.1 Å². The van der Waals surface area contributed by atoms with E-state index < -0.39 is 39.2 Å². The van der Waals surface area contributed by atoms with Crippen molar-refractivity contribution >= 4 is 21.7 Å². The highest BCUT2D eigenvalue weighted by molar-refractivity contribution is 7.90. The van der Waals surface area contributed by atoms with Gasteiger partial charge in [0.25, 0.3) is 0 Å². The number of hydrogen-bond acceptors (Lipinski definition) is 7. The Labute approximate surface area is 183 Å². The zero-order valence-electron chi connectivity index (χ0n) is 18.6. The molecule has 0 aromatic heterocycles. The van der Waals surface area contributed by atoms with Crippen LogP contribution in [-0.2, 0) is 35.4 Å². The molecule has 3 N–H and O–H groups in total. The SMILES string of the molecule is CC1(C)OCC(C)(C)[C@H](C(=O)NCCC(O)C(=O)NCc2ccc(S(C)(=O)=O)cc2)O1. The van der Waals surface area contributed by atoms with Crippen LogP contribution in [0.5, 0.6) is 0 Å². The summed E-state index contributed by atoms with van der Waals surface area (Å²) in [5.74, 6) is -1.76. The first-order chi connectivity index (χ1) is 14.2. The topological polar surface area (TPSA) is 131 Å². The van der Waals surface area contributed by atoms with Crippen LogP contribution in [0.4, 0.5) is 0 Å². The van der Waals surface area contributed by atoms with E-state index in [1.165, 1.54) is 12.1 Å². The molecule has 10 heteroatoms. The highest BCUT2D eigenvalue weighted by atomic mass is 32.2. The van der Waals surface area contributed by atoms with Crippen LogP contribution in [0.1, 0.15) is 39.7 Å². The molecule has 2 rings (SSSR count). The monoisotopic (exact) mass is 456 g/mol. The van der Waals surface area contributed by atoms with Crippen molar-refractivity contribution in [2.45, 2.75) is 63.6 Å². The molecule has 1 aromatic rings. The number of benzene rings is 1. The average Bonchev–Trinajstić information content (AvgIpc) is 2.67. The van der Waals surface area contributed by atoms with E-state index in [1.54, 1.807) is 26.0 Å². The van der Waals surface area contributed by atoms with Crippen LogP contribution in [0.3, 0.4) is 0 Å². The Bertz CT molecular complexity index is 895. The van der Waals surface area contributed by atoms with E-state index in [2.05, 4.69) is 10.6 Å². The minimum absolute atomic E-state index is 0.0393. The summed E-state index contributed by atoms with van der Waals surface area (Å²) >= 11 is 0. The molecule has 0 spiro atoms. The second-order valence-electron chi connectivity index (χ2n) is 8.90. The minimum Gasteiger partial charge on any atom is -0.383 e. The maximum Gasteiger partial charge on any atom is 0.249 e. The molecule has 2 atom stereocenters. The van der Waals surface area contributed by atoms with Crippen molar-refractivity contribution in [2.24, 2.45) is 5.41 Å². The maximum absolute atomic E-state index is 12.5. The van der Waals surface area contributed by atoms with Crippen molar-refractivity contribution < 1.29 is 32.6 Å². The molecule has 1 heterocycles. The number of hydrogen-bond donors (Lipinski definition) is 3. The van der Waals surface area contributed by atoms with Crippen molar-refractivity contribution in [3.8, 4) is 0 Å². The quantitative estimate of drug-likeness (QED) is 0.526. The lowest BCUT2D eigenvalue weighted by molar-refractivity contribution is -0.304. The standard InChI is InChI=1S/C21H32N2O7S/c1-20(2)13-29-21(3,4)30-17(20)19(26)22-11-10-16(24)18(25)23-12-14-6-8-15(9-7-14)31(5,27)28/h6-9,16-17,24H,10-13H2,1-5H3,(H,22,26)(H,23,25)/t16?,17-/m0/s1. The van der Waals surface area contributed by atoms with Crippen molar-refractivity contribution in [1.82, 2.24) is 10.6 Å². The molecule has 1 aliphatic heterocycles. The van der Waals surface area contributed by atoms with Gasteiger partial charge in [-0.3, -0.25) is 9.59 Å². The first kappa shape index (κ1) is 25.3. The Morgan fingerprint density at radius 1 is 1.16 bits per heavy atom. The molecule has 1 aliphatic rings. The third-order valence-electron chi connectivity index (χ3n) is 4.98. The first-order valence-electron chi connectivity index (χ1n) is 10.1. The average molecular weight is 457 g/mol. The fourth-order valence-corrected chi connectivity index (χ4v) is 3.67. The van der Waals surface area contributed by atoms with E-state index in [1.807, 2.05) is 13.8 Å². The summed E-state index contributed by atoms with van der Waals surface area (Å²) in [5.41, 5.74) is 0.185. The molecule has 174 valence electrons. The Hall–Kier alpha value is -2.01. The van der Waals surface area contributed by atoms with Crippen LogP contribution in [0.25, 0.3) is 0 Å². The van der Waals surface area contributed by atoms with Gasteiger partial charge < -0.3 is 25.2 Å². The van der Waals surface area contributed by atoms with Crippen molar-refractivity contribution in [1.29, 1.82) is 0 Å². The zero-order chi connectivity index (χ0) is 23.4. The van der Waals surface area contributed by atoms with Gasteiger partial charge in [0.05, 0.1) is 11.5 Å². The molecule has 2 amide bonds. The molecule has 1 saturated heterocycles. The van der Waals surface area contributed by atoms with E-state index in [4.69, 9.17) is 9.47 Å². The van der Waals surface area contributed by atoms with Crippen LogP contribution in [0.15, 0.2) is 29.2 Å². The number of rotatable bonds is 8. The largest absolute Gasteiger partial charge is 0.383 e. The summed E-state index contributed by atoms with van der Waals surface area (Å²) in [6.45, 7) is 7.85. The fourth-order valence-electron chi connectivity index (χ4n) is 3.04. The van der Waals surface area contributed by atoms with Crippen molar-refractivity contribution in [2.75, 3.05) is 19.4 Å². The third kappa shape index (κ3) is 7.27. The van der Waals surface area contributed by atoms with Gasteiger partial charge in [0.1, 0.15) is 12.2 Å². The third-order valence-corrected chi connectivity index (χ3v) is 6.11. The number of sulfone groups is 1. The highest BCUT2D eigenvalue weighted by Gasteiger charge is 2.45. The van der Waals surface area contributed by atoms with Gasteiger partial charge in [-0.15, -0.1) is 0 Å². The van der Waals surface area contributed by atoms with E-state index in [-0.39, 0.29) is 30.3 Å². The summed E-state index contributed by atoms with van der Waals surface area (Å²) < 4.78 is 34.3. The summed E-state index contributed by atoms with van der Waals surface area (Å²) in [4.78, 5) is 24.8. The molecular weight excluding hydrogens is 424 g/mol. The lowest BCUT2D eigenvalue weighted by Crippen LogP contribution is -2.56. The van der Waals surface area contributed by atoms with Gasteiger partial charge in [-0.05, 0) is 38.0 Å². The molecule has 1 aromatic carbocycles. The van der Waals surface area contributed by atoms with Crippen LogP contribution in [-0.4, -0.2) is 62.7 Å². The molecule has 31 heavy (non-hydrogen) atoms. The Morgan fingerprint density at radius 3 is 2.35 bits per heavy atom. The lowest BCUT2D eigenvalue weighted by atomic mass is 9.85. The number of nitrogens with one attached hydrogen (secondary N) is 2. The second-order valence-corrected chi connectivity index (χ2v) is 10.9. The number of carbonyl (C=O) groups excluding carboxylic acids is 2. The van der Waals surface area contributed by atoms with Crippen molar-refractivity contribution in [3.05, 3.63) is 29.8 Å². The fraction of sp³-hybridized carbons (Fsp3) is 0.619. The van der Waals surface area contributed by atoms with Gasteiger partial charge in [0.2, 0.25) is 11.8 Å². The molecule has 0 aliphatic carbocycles. The van der Waals surface area contributed by atoms with Crippen molar-refractivity contribution in [3.63, 3.8) is 0 Å². The van der Waals surface area contributed by atoms with Gasteiger partial charge in [-0.1, -0.05) is 26.0 Å². The van der Waals surface area contributed by atoms with Crippen LogP contribution in [0, 0.1) is 5.41 Å². The number of carbonyl (C=O) groups is 2. The molecule has 1 unspecified atom stereocenters. The Balaban J connectivity index is 1.78. The molecular formula is C21H32N2O7S. The summed E-state index contributed by atoms with van der Waals surface area (Å²) in [7, 11) is -3.28. The highest BCUT2D eigenvalue weighted by Crippen LogP contribution is 2.34. The number of ether oxygens (including phenoxy) is 2. The summed E-state index contributed by atoms with van der Waals surface area (Å²) in [6, 6.07) is 6.12. The smallest absolute Gasteiger partial charge is 0.249 e. The van der Waals surface area contributed by atoms with Gasteiger partial charge in [-0.2, -0.15) is 0 Å². The molecule has 0 saturated carbocycles. The van der Waals surface area contributed by atoms with E-state index in [0.29, 0.717) is 12.2 Å². The predicted octanol–water partition coefficient (Wildman–Crippen LogP) is 0.751. The Kier molecular flexibility index (Phi) is 7.85. The van der Waals surface area contributed by atoms with E-state index >= 15 is 0 Å². The summed E-state index contributed by atoms with van der Waals surface area (Å²) in [6.07, 6.45) is -0.847. The number of aliphatic hydroxyl groups excluding tert-OH is 1. The Morgan fingerprint density at radius 2 is 1.77 bits per heavy atom. The normalized spacial score (nSPS) is 21.2. The van der Waals surface area contributed by atoms with Gasteiger partial charge in [-0.25, -0.2) is 8.42 Å². The number of amides is 2. The molecule has 0 radical (unpaired) electrons. The van der Waals surface area contributed by atoms with Crippen LogP contribution >= 0.6 is 0 Å². The van der Waals surface area contributed by atoms with Gasteiger partial charge in [0.15, 0.2) is 15.6 Å². The first-order valence-corrected chi connectivity index (χ1v) is 11.9. The van der Waals surface area contributed by atoms with Crippen LogP contribution in [0.2, 0.25) is 0 Å². The van der Waals surface area contributed by atoms with Crippen LogP contribution < -0.4 is 10.6 Å². The molecule has 0 bridgehead atoms. The zero-order valence-corrected chi connectivity index (χ0v) is 19.4. The second kappa shape index (κ2) is 9.64. The van der Waals surface area contributed by atoms with E-state index in [0.717, 1.165) is 6.26 Å². The lowest BCUT2D eigenvalue weighted by Gasteiger charge is -2.44. The van der Waals surface area contributed by atoms with Gasteiger partial charge in [0, 0.05) is 24.8 Å². The maximum atomic E-state index is 12.5. The summed E-state index contributed by atoms with van der Waals surface area (Å²) in [5, 5.41) is 15.4. The van der Waals surface area contributed by atoms with Gasteiger partial charge >= 0.3 is 0 Å².